The molecule has 0 aliphatic carbocycles. The van der Waals surface area contributed by atoms with E-state index in [0.29, 0.717) is 0 Å². The summed E-state index contributed by atoms with van der Waals surface area (Å²) in [6.07, 6.45) is 0. The van der Waals surface area contributed by atoms with Gasteiger partial charge in [-0.2, -0.15) is 0 Å². The van der Waals surface area contributed by atoms with Crippen LogP contribution in [0, 0.1) is 0 Å². The minimum Gasteiger partial charge on any atom is 0 e. The van der Waals surface area contributed by atoms with E-state index in [1.165, 1.54) is 0 Å². The fourth-order valence-corrected chi connectivity index (χ4v) is 0. The molecule has 0 N–H and O–H groups in total. The molecule has 0 aliphatic rings. The third-order valence-corrected chi connectivity index (χ3v) is 0. The summed E-state index contributed by atoms with van der Waals surface area (Å²) in [5.74, 6) is 0. The Morgan fingerprint density at radius 2 is 1.00 bits per heavy atom. The SMILES string of the molecule is [AlH3].[GaH3].[InH3].[SnH4].[Zn]. The van der Waals surface area contributed by atoms with E-state index in [2.05, 4.69) is 0 Å². The van der Waals surface area contributed by atoms with Gasteiger partial charge in [0.2, 0.25) is 0 Å². The van der Waals surface area contributed by atoms with Crippen molar-refractivity contribution in [3.05, 3.63) is 0 Å². The second kappa shape index (κ2) is 26.0. The Morgan fingerprint density at radius 1 is 1.00 bits per heavy atom. The zero-order valence-corrected chi connectivity index (χ0v) is 3.67. The summed E-state index contributed by atoms with van der Waals surface area (Å²) in [4.78, 5) is 0. The monoisotopic (exact) mass is 408 g/mol. The van der Waals surface area contributed by atoms with Gasteiger partial charge in [0.05, 0.1) is 0 Å². The van der Waals surface area contributed by atoms with Crippen LogP contribution in [-0.4, -0.2) is 86.9 Å². The Balaban J connectivity index is 0. The largest absolute Gasteiger partial charge is 0 e. The van der Waals surface area contributed by atoms with Gasteiger partial charge >= 0.3 is 69.5 Å². The maximum atomic E-state index is 0. The van der Waals surface area contributed by atoms with Crippen LogP contribution in [-0.2, 0) is 19.5 Å². The Morgan fingerprint density at radius 3 is 1.00 bits per heavy atom. The van der Waals surface area contributed by atoms with Crippen molar-refractivity contribution in [1.29, 1.82) is 0 Å². The van der Waals surface area contributed by atoms with Gasteiger partial charge < -0.3 is 0 Å². The standard InChI is InChI=1S/Al.Ga.In.Sn.Zn.13H. The van der Waals surface area contributed by atoms with Gasteiger partial charge in [-0.1, -0.05) is 0 Å². The van der Waals surface area contributed by atoms with E-state index in [0.717, 1.165) is 0 Å². The van der Waals surface area contributed by atoms with E-state index >= 15 is 0 Å². The zero-order chi connectivity index (χ0) is 0. The summed E-state index contributed by atoms with van der Waals surface area (Å²) in [6.45, 7) is 0. The van der Waals surface area contributed by atoms with E-state index in [-0.39, 0.29) is 106 Å². The van der Waals surface area contributed by atoms with Crippen molar-refractivity contribution in [2.45, 2.75) is 0 Å². The molecule has 0 atom stereocenters. The Kier molecular flexibility index (Phi) is 204. The molecule has 5 heteroatoms. The molecule has 0 nitrogen and oxygen atoms in total. The molecule has 28 valence electrons. The van der Waals surface area contributed by atoms with Gasteiger partial charge in [0.15, 0.2) is 17.4 Å². The second-order valence-corrected chi connectivity index (χ2v) is 0. The van der Waals surface area contributed by atoms with Crippen LogP contribution in [0.2, 0.25) is 0 Å². The first-order chi connectivity index (χ1) is 0. The summed E-state index contributed by atoms with van der Waals surface area (Å²) in [5.41, 5.74) is 0. The minimum absolute atomic E-state index is 0. The summed E-state index contributed by atoms with van der Waals surface area (Å²) in [7, 11) is 0. The zero-order valence-electron chi connectivity index (χ0n) is 0.707. The van der Waals surface area contributed by atoms with Crippen LogP contribution >= 0.6 is 0 Å². The molecule has 0 unspecified atom stereocenters. The van der Waals surface area contributed by atoms with E-state index < -0.39 is 0 Å². The van der Waals surface area contributed by atoms with Crippen molar-refractivity contribution < 1.29 is 19.5 Å². The number of rotatable bonds is 0. The normalized spacial score (nSPS) is 0. The third-order valence-electron chi connectivity index (χ3n) is 0. The quantitative estimate of drug-likeness (QED) is 0.352. The van der Waals surface area contributed by atoms with Gasteiger partial charge in [-0.05, 0) is 0 Å². The molecule has 0 aromatic rings. The summed E-state index contributed by atoms with van der Waals surface area (Å²) in [6, 6.07) is 0. The molecule has 0 fully saturated rings. The average Bonchev–Trinajstić information content (AvgIpc) is 0. The topological polar surface area (TPSA) is 0 Å². The van der Waals surface area contributed by atoms with Crippen molar-refractivity contribution in [3.63, 3.8) is 0 Å². The first kappa shape index (κ1) is 39.3. The van der Waals surface area contributed by atoms with Gasteiger partial charge in [0, 0.05) is 19.5 Å². The van der Waals surface area contributed by atoms with E-state index in [9.17, 15) is 0 Å². The van der Waals surface area contributed by atoms with Crippen molar-refractivity contribution in [2.75, 3.05) is 0 Å². The van der Waals surface area contributed by atoms with Crippen molar-refractivity contribution in [3.8, 4) is 0 Å². The van der Waals surface area contributed by atoms with Crippen molar-refractivity contribution in [1.82, 2.24) is 0 Å². The van der Waals surface area contributed by atoms with Crippen molar-refractivity contribution >= 4 is 86.9 Å². The van der Waals surface area contributed by atoms with Crippen LogP contribution in [0.15, 0.2) is 0 Å². The predicted octanol–water partition coefficient (Wildman–Crippen LogP) is -5.01. The molecule has 0 aliphatic heterocycles. The number of hydrogen-bond acceptors (Lipinski definition) is 0. The fraction of sp³-hybridized carbons (Fsp3) is 0. The molecule has 0 saturated carbocycles. The molecule has 0 radical (unpaired) electrons. The summed E-state index contributed by atoms with van der Waals surface area (Å²) in [5, 5.41) is 0. The van der Waals surface area contributed by atoms with Crippen LogP contribution in [0.1, 0.15) is 0 Å². The first-order valence-electron chi connectivity index (χ1n) is 0. The molecule has 0 rings (SSSR count). The Labute approximate surface area is 104 Å². The van der Waals surface area contributed by atoms with Gasteiger partial charge in [-0.25, -0.2) is 0 Å². The van der Waals surface area contributed by atoms with Crippen LogP contribution < -0.4 is 0 Å². The van der Waals surface area contributed by atoms with Crippen LogP contribution in [0.5, 0.6) is 0 Å². The first-order valence-corrected chi connectivity index (χ1v) is 0. The van der Waals surface area contributed by atoms with Crippen LogP contribution in [0.25, 0.3) is 0 Å². The smallest absolute Gasteiger partial charge is 0 e. The third kappa shape index (κ3) is 18.6. The molecule has 0 bridgehead atoms. The Bertz CT molecular complexity index is 11.6. The second-order valence-electron chi connectivity index (χ2n) is 0. The van der Waals surface area contributed by atoms with Gasteiger partial charge in [0.25, 0.3) is 0 Å². The van der Waals surface area contributed by atoms with Crippen LogP contribution in [0.4, 0.5) is 0 Å². The van der Waals surface area contributed by atoms with E-state index in [1.807, 2.05) is 0 Å². The molecule has 0 aromatic heterocycles. The number of hydrogen-bond donors (Lipinski definition) is 0. The molecule has 5 heavy (non-hydrogen) atoms. The molecule has 0 spiro atoms. The van der Waals surface area contributed by atoms with Crippen LogP contribution in [0.3, 0.4) is 0 Å². The molecule has 0 heterocycles. The molecule has 0 aromatic carbocycles. The summed E-state index contributed by atoms with van der Waals surface area (Å²) >= 11 is 0. The minimum atomic E-state index is 0. The average molecular weight is 409 g/mol. The predicted molar refractivity (Wildman–Crippen MR) is 41.2 cm³/mol. The van der Waals surface area contributed by atoms with Gasteiger partial charge in [0.1, 0.15) is 0 Å². The van der Waals surface area contributed by atoms with E-state index in [1.54, 1.807) is 0 Å². The maximum absolute atomic E-state index is 0. The van der Waals surface area contributed by atoms with Gasteiger partial charge in [-0.15, -0.1) is 0 Å². The molecule has 0 amide bonds. The fourth-order valence-electron chi connectivity index (χ4n) is 0. The molecule has 0 saturated heterocycles. The molecular formula is H13AlGaInSnZn. The molecular weight excluding hydrogens is 396 g/mol. The van der Waals surface area contributed by atoms with Crippen molar-refractivity contribution in [2.24, 2.45) is 0 Å². The van der Waals surface area contributed by atoms with E-state index in [4.69, 9.17) is 0 Å². The Hall–Kier alpha value is 3.46. The maximum Gasteiger partial charge on any atom is 0 e. The summed E-state index contributed by atoms with van der Waals surface area (Å²) < 4.78 is 0. The van der Waals surface area contributed by atoms with Gasteiger partial charge in [-0.3, -0.25) is 0 Å².